The first-order valence-electron chi connectivity index (χ1n) is 8.93. The number of aliphatic carboxylic acids is 1. The lowest BCUT2D eigenvalue weighted by Crippen LogP contribution is -2.03. The van der Waals surface area contributed by atoms with Crippen molar-refractivity contribution < 1.29 is 32.2 Å². The van der Waals surface area contributed by atoms with E-state index in [1.807, 2.05) is 12.1 Å². The van der Waals surface area contributed by atoms with Gasteiger partial charge in [-0.05, 0) is 49.2 Å². The lowest BCUT2D eigenvalue weighted by Gasteiger charge is -2.06. The van der Waals surface area contributed by atoms with Crippen molar-refractivity contribution in [1.82, 2.24) is 0 Å². The number of halogens is 3. The molecule has 1 N–H and O–H groups in total. The van der Waals surface area contributed by atoms with E-state index in [1.165, 1.54) is 12.1 Å². The number of aryl methyl sites for hydroxylation is 2. The number of hydrogen-bond donors (Lipinski definition) is 1. The van der Waals surface area contributed by atoms with Crippen molar-refractivity contribution in [3.05, 3.63) is 77.0 Å². The van der Waals surface area contributed by atoms with Crippen LogP contribution in [0.3, 0.4) is 0 Å². The minimum Gasteiger partial charge on any atom is -0.489 e. The normalized spacial score (nSPS) is 11.4. The Bertz CT molecular complexity index is 971. The second-order valence-electron chi connectivity index (χ2n) is 6.59. The predicted octanol–water partition coefficient (Wildman–Crippen LogP) is 5.87. The number of carboxylic acid groups (broad SMARTS) is 1. The lowest BCUT2D eigenvalue weighted by molar-refractivity contribution is -0.138. The van der Waals surface area contributed by atoms with Crippen LogP contribution in [0.15, 0.2) is 59.0 Å². The van der Waals surface area contributed by atoms with Crippen LogP contribution in [0.25, 0.3) is 11.3 Å². The van der Waals surface area contributed by atoms with Crippen LogP contribution in [0.1, 0.15) is 28.9 Å². The third kappa shape index (κ3) is 5.40. The van der Waals surface area contributed by atoms with Gasteiger partial charge in [-0.3, -0.25) is 4.79 Å². The third-order valence-electron chi connectivity index (χ3n) is 4.46. The fourth-order valence-electron chi connectivity index (χ4n) is 2.79. The molecule has 0 unspecified atom stereocenters. The second-order valence-corrected chi connectivity index (χ2v) is 6.59. The van der Waals surface area contributed by atoms with Gasteiger partial charge in [0.2, 0.25) is 0 Å². The molecule has 2 aromatic carbocycles. The molecule has 0 radical (unpaired) electrons. The topological polar surface area (TPSA) is 59.7 Å². The molecule has 0 bridgehead atoms. The van der Waals surface area contributed by atoms with E-state index < -0.39 is 17.7 Å². The molecule has 1 heterocycles. The zero-order valence-electron chi connectivity index (χ0n) is 15.6. The zero-order valence-corrected chi connectivity index (χ0v) is 15.6. The Labute approximate surface area is 165 Å². The number of alkyl halides is 3. The van der Waals surface area contributed by atoms with Gasteiger partial charge in [0.25, 0.3) is 0 Å². The highest BCUT2D eigenvalue weighted by molar-refractivity contribution is 5.67. The van der Waals surface area contributed by atoms with Crippen LogP contribution in [0, 0.1) is 6.92 Å². The molecular weight excluding hydrogens is 385 g/mol. The molecule has 0 aliphatic rings. The first-order chi connectivity index (χ1) is 13.7. The predicted molar refractivity (Wildman–Crippen MR) is 101 cm³/mol. The van der Waals surface area contributed by atoms with Gasteiger partial charge in [0.15, 0.2) is 0 Å². The Morgan fingerprint density at radius 2 is 1.72 bits per heavy atom. The van der Waals surface area contributed by atoms with E-state index >= 15 is 0 Å². The largest absolute Gasteiger partial charge is 0.489 e. The summed E-state index contributed by atoms with van der Waals surface area (Å²) < 4.78 is 49.5. The number of carbonyl (C=O) groups is 1. The summed E-state index contributed by atoms with van der Waals surface area (Å²) in [6, 6.07) is 13.7. The van der Waals surface area contributed by atoms with Crippen LogP contribution in [-0.2, 0) is 24.0 Å². The first-order valence-corrected chi connectivity index (χ1v) is 8.93. The molecule has 0 aliphatic heterocycles. The Morgan fingerprint density at radius 3 is 2.31 bits per heavy atom. The molecule has 4 nitrogen and oxygen atoms in total. The number of hydrogen-bond acceptors (Lipinski definition) is 3. The minimum absolute atomic E-state index is 0.0706. The van der Waals surface area contributed by atoms with Gasteiger partial charge in [-0.2, -0.15) is 13.2 Å². The van der Waals surface area contributed by atoms with E-state index in [0.29, 0.717) is 29.3 Å². The summed E-state index contributed by atoms with van der Waals surface area (Å²) in [6.07, 6.45) is -3.85. The SMILES string of the molecule is Cc1oc(-c2ccc(C(F)(F)F)cc2)cc1COc1ccc(CCC(=O)O)cc1. The molecule has 3 rings (SSSR count). The maximum atomic E-state index is 12.7. The number of ether oxygens (including phenoxy) is 1. The van der Waals surface area contributed by atoms with Crippen molar-refractivity contribution >= 4 is 5.97 Å². The maximum absolute atomic E-state index is 12.7. The van der Waals surface area contributed by atoms with Gasteiger partial charge in [-0.15, -0.1) is 0 Å². The van der Waals surface area contributed by atoms with E-state index in [1.54, 1.807) is 25.1 Å². The van der Waals surface area contributed by atoms with Gasteiger partial charge in [0.05, 0.1) is 5.56 Å². The van der Waals surface area contributed by atoms with Gasteiger partial charge in [-0.25, -0.2) is 0 Å². The second kappa shape index (κ2) is 8.43. The third-order valence-corrected chi connectivity index (χ3v) is 4.46. The molecule has 0 saturated heterocycles. The van der Waals surface area contributed by atoms with Crippen LogP contribution < -0.4 is 4.74 Å². The average Bonchev–Trinajstić information content (AvgIpc) is 3.05. The van der Waals surface area contributed by atoms with Crippen LogP contribution >= 0.6 is 0 Å². The van der Waals surface area contributed by atoms with Crippen molar-refractivity contribution in [1.29, 1.82) is 0 Å². The maximum Gasteiger partial charge on any atom is 0.416 e. The van der Waals surface area contributed by atoms with Crippen LogP contribution in [0.4, 0.5) is 13.2 Å². The zero-order chi connectivity index (χ0) is 21.0. The molecule has 0 atom stereocenters. The summed E-state index contributed by atoms with van der Waals surface area (Å²) in [5.41, 5.74) is 1.54. The Hall–Kier alpha value is -3.22. The Kier molecular flexibility index (Phi) is 5.96. The highest BCUT2D eigenvalue weighted by atomic mass is 19.4. The molecule has 29 heavy (non-hydrogen) atoms. The molecule has 0 aliphatic carbocycles. The summed E-state index contributed by atoms with van der Waals surface area (Å²) >= 11 is 0. The minimum atomic E-state index is -4.38. The summed E-state index contributed by atoms with van der Waals surface area (Å²) in [6.45, 7) is 2.01. The van der Waals surface area contributed by atoms with Gasteiger partial charge in [0, 0.05) is 17.5 Å². The van der Waals surface area contributed by atoms with E-state index in [4.69, 9.17) is 14.3 Å². The molecule has 3 aromatic rings. The van der Waals surface area contributed by atoms with Crippen molar-refractivity contribution in [2.45, 2.75) is 32.5 Å². The van der Waals surface area contributed by atoms with Crippen molar-refractivity contribution in [2.75, 3.05) is 0 Å². The molecule has 152 valence electrons. The standard InChI is InChI=1S/C22H19F3O4/c1-14-17(13-28-19-9-2-15(3-10-19)4-11-21(26)27)12-20(29-14)16-5-7-18(8-6-16)22(23,24)25/h2-3,5-10,12H,4,11,13H2,1H3,(H,26,27). The quantitative estimate of drug-likeness (QED) is 0.535. The van der Waals surface area contributed by atoms with E-state index in [9.17, 15) is 18.0 Å². The monoisotopic (exact) mass is 404 g/mol. The molecule has 1 aromatic heterocycles. The van der Waals surface area contributed by atoms with Crippen molar-refractivity contribution in [3.8, 4) is 17.1 Å². The van der Waals surface area contributed by atoms with E-state index in [0.717, 1.165) is 23.3 Å². The number of rotatable bonds is 7. The molecular formula is C22H19F3O4. The van der Waals surface area contributed by atoms with Gasteiger partial charge >= 0.3 is 12.1 Å². The summed E-state index contributed by atoms with van der Waals surface area (Å²) in [4.78, 5) is 10.6. The smallest absolute Gasteiger partial charge is 0.416 e. The average molecular weight is 404 g/mol. The summed E-state index contributed by atoms with van der Waals surface area (Å²) in [5.74, 6) is 0.877. The molecule has 0 fully saturated rings. The van der Waals surface area contributed by atoms with Crippen LogP contribution in [0.2, 0.25) is 0 Å². The molecule has 0 spiro atoms. The van der Waals surface area contributed by atoms with E-state index in [2.05, 4.69) is 0 Å². The van der Waals surface area contributed by atoms with Crippen molar-refractivity contribution in [2.24, 2.45) is 0 Å². The Morgan fingerprint density at radius 1 is 1.07 bits per heavy atom. The summed E-state index contributed by atoms with van der Waals surface area (Å²) in [5, 5.41) is 8.72. The highest BCUT2D eigenvalue weighted by Gasteiger charge is 2.30. The van der Waals surface area contributed by atoms with Gasteiger partial charge < -0.3 is 14.3 Å². The first kappa shape index (κ1) is 20.5. The van der Waals surface area contributed by atoms with Gasteiger partial charge in [0.1, 0.15) is 23.9 Å². The molecule has 0 amide bonds. The molecule has 7 heteroatoms. The fraction of sp³-hybridized carbons (Fsp3) is 0.227. The Balaban J connectivity index is 1.64. The van der Waals surface area contributed by atoms with Crippen molar-refractivity contribution in [3.63, 3.8) is 0 Å². The van der Waals surface area contributed by atoms with E-state index in [-0.39, 0.29) is 13.0 Å². The lowest BCUT2D eigenvalue weighted by atomic mass is 10.1. The van der Waals surface area contributed by atoms with Gasteiger partial charge in [-0.1, -0.05) is 24.3 Å². The summed E-state index contributed by atoms with van der Waals surface area (Å²) in [7, 11) is 0. The number of carboxylic acids is 1. The number of furan rings is 1. The fourth-order valence-corrected chi connectivity index (χ4v) is 2.79. The molecule has 0 saturated carbocycles. The number of benzene rings is 2. The van der Waals surface area contributed by atoms with Crippen LogP contribution in [-0.4, -0.2) is 11.1 Å². The highest BCUT2D eigenvalue weighted by Crippen LogP contribution is 2.32. The van der Waals surface area contributed by atoms with Crippen LogP contribution in [0.5, 0.6) is 5.75 Å².